The van der Waals surface area contributed by atoms with Crippen LogP contribution in [0.5, 0.6) is 11.6 Å². The zero-order valence-corrected chi connectivity index (χ0v) is 11.2. The molecule has 0 N–H and O–H groups in total. The van der Waals surface area contributed by atoms with E-state index in [0.717, 1.165) is 0 Å². The summed E-state index contributed by atoms with van der Waals surface area (Å²) < 4.78 is 10.7. The Bertz CT molecular complexity index is 738. The number of benzene rings is 1. The topological polar surface area (TPSA) is 61.0 Å². The summed E-state index contributed by atoms with van der Waals surface area (Å²) in [6.07, 6.45) is 1.34. The van der Waals surface area contributed by atoms with E-state index in [4.69, 9.17) is 32.5 Å². The molecule has 2 aromatic heterocycles. The molecule has 0 atom stereocenters. The van der Waals surface area contributed by atoms with Crippen LogP contribution in [0.2, 0.25) is 10.0 Å². The lowest BCUT2D eigenvalue weighted by atomic mass is 10.3. The van der Waals surface area contributed by atoms with E-state index < -0.39 is 0 Å². The molecule has 0 saturated carbocycles. The van der Waals surface area contributed by atoms with Crippen molar-refractivity contribution in [1.29, 1.82) is 0 Å². The monoisotopic (exact) mass is 295 g/mol. The summed E-state index contributed by atoms with van der Waals surface area (Å²) in [6, 6.07) is 4.91. The molecular formula is C12H7Cl2N3O2. The van der Waals surface area contributed by atoms with E-state index in [0.29, 0.717) is 38.5 Å². The van der Waals surface area contributed by atoms with Crippen LogP contribution in [0.3, 0.4) is 0 Å². The van der Waals surface area contributed by atoms with E-state index in [-0.39, 0.29) is 0 Å². The predicted molar refractivity (Wildman–Crippen MR) is 70.9 cm³/mol. The van der Waals surface area contributed by atoms with Gasteiger partial charge in [0.1, 0.15) is 17.5 Å². The average Bonchev–Trinajstić information content (AvgIpc) is 2.71. The minimum atomic E-state index is 0.349. The molecule has 0 fully saturated rings. The quantitative estimate of drug-likeness (QED) is 0.714. The van der Waals surface area contributed by atoms with Crippen LogP contribution in [0.25, 0.3) is 11.1 Å². The molecule has 0 bridgehead atoms. The smallest absolute Gasteiger partial charge is 0.264 e. The maximum Gasteiger partial charge on any atom is 0.264 e. The van der Waals surface area contributed by atoms with Crippen LogP contribution in [0, 0.1) is 6.92 Å². The van der Waals surface area contributed by atoms with Gasteiger partial charge in [0.15, 0.2) is 0 Å². The highest BCUT2D eigenvalue weighted by Gasteiger charge is 2.14. The predicted octanol–water partition coefficient (Wildman–Crippen LogP) is 4.03. The Balaban J connectivity index is 2.08. The summed E-state index contributed by atoms with van der Waals surface area (Å²) in [5.74, 6) is 0.834. The fourth-order valence-corrected chi connectivity index (χ4v) is 2.17. The highest BCUT2D eigenvalue weighted by Crippen LogP contribution is 2.31. The van der Waals surface area contributed by atoms with Crippen LogP contribution in [0.4, 0.5) is 0 Å². The summed E-state index contributed by atoms with van der Waals surface area (Å²) >= 11 is 11.8. The zero-order chi connectivity index (χ0) is 13.4. The summed E-state index contributed by atoms with van der Waals surface area (Å²) in [6.45, 7) is 1.78. The second-order valence-electron chi connectivity index (χ2n) is 3.83. The molecular weight excluding hydrogens is 289 g/mol. The van der Waals surface area contributed by atoms with Gasteiger partial charge in [0, 0.05) is 10.0 Å². The van der Waals surface area contributed by atoms with Crippen LogP contribution in [-0.2, 0) is 0 Å². The first-order valence-corrected chi connectivity index (χ1v) is 6.10. The highest BCUT2D eigenvalue weighted by molar-refractivity contribution is 6.34. The van der Waals surface area contributed by atoms with Gasteiger partial charge in [-0.2, -0.15) is 4.98 Å². The second-order valence-corrected chi connectivity index (χ2v) is 4.71. The molecule has 96 valence electrons. The van der Waals surface area contributed by atoms with Gasteiger partial charge in [-0.3, -0.25) is 0 Å². The van der Waals surface area contributed by atoms with Gasteiger partial charge in [0.25, 0.3) is 5.71 Å². The van der Waals surface area contributed by atoms with Crippen molar-refractivity contribution in [2.45, 2.75) is 6.92 Å². The van der Waals surface area contributed by atoms with Gasteiger partial charge in [-0.1, -0.05) is 28.4 Å². The maximum absolute atomic E-state index is 5.92. The number of nitrogens with zero attached hydrogens (tertiary/aromatic N) is 3. The summed E-state index contributed by atoms with van der Waals surface area (Å²) in [4.78, 5) is 8.04. The molecule has 0 amide bonds. The molecule has 5 nitrogen and oxygen atoms in total. The first-order chi connectivity index (χ1) is 9.13. The van der Waals surface area contributed by atoms with Crippen molar-refractivity contribution in [3.63, 3.8) is 0 Å². The number of rotatable bonds is 2. The largest absolute Gasteiger partial charge is 0.438 e. The van der Waals surface area contributed by atoms with E-state index in [2.05, 4.69) is 15.1 Å². The van der Waals surface area contributed by atoms with Crippen molar-refractivity contribution in [2.24, 2.45) is 0 Å². The van der Waals surface area contributed by atoms with Crippen LogP contribution in [0.15, 0.2) is 29.0 Å². The molecule has 0 aliphatic heterocycles. The first-order valence-electron chi connectivity index (χ1n) is 5.34. The number of hydrogen-bond acceptors (Lipinski definition) is 5. The Labute approximate surface area is 118 Å². The number of ether oxygens (including phenoxy) is 1. The molecule has 0 saturated heterocycles. The summed E-state index contributed by atoms with van der Waals surface area (Å²) in [7, 11) is 0. The van der Waals surface area contributed by atoms with Crippen LogP contribution in [-0.4, -0.2) is 15.1 Å². The standard InChI is InChI=1S/C12H7Cl2N3O2/c1-6-10-11(15-5-16-12(10)19-17-6)18-9-3-7(13)2-8(14)4-9/h2-5H,1H3. The normalized spacial score (nSPS) is 10.9. The SMILES string of the molecule is Cc1noc2ncnc(Oc3cc(Cl)cc(Cl)c3)c12. The van der Waals surface area contributed by atoms with Crippen molar-refractivity contribution in [3.05, 3.63) is 40.3 Å². The third-order valence-corrected chi connectivity index (χ3v) is 2.90. The van der Waals surface area contributed by atoms with E-state index in [9.17, 15) is 0 Å². The molecule has 0 aliphatic carbocycles. The van der Waals surface area contributed by atoms with Crippen molar-refractivity contribution in [1.82, 2.24) is 15.1 Å². The van der Waals surface area contributed by atoms with E-state index >= 15 is 0 Å². The van der Waals surface area contributed by atoms with Crippen molar-refractivity contribution in [2.75, 3.05) is 0 Å². The number of halogens is 2. The van der Waals surface area contributed by atoms with E-state index in [1.165, 1.54) is 6.33 Å². The zero-order valence-electron chi connectivity index (χ0n) is 9.72. The van der Waals surface area contributed by atoms with Gasteiger partial charge in [0.05, 0.1) is 5.69 Å². The Morgan fingerprint density at radius 1 is 1.11 bits per heavy atom. The summed E-state index contributed by atoms with van der Waals surface area (Å²) in [5, 5.41) is 5.41. The Hall–Kier alpha value is -1.85. The lowest BCUT2D eigenvalue weighted by molar-refractivity contribution is 0.441. The molecule has 0 aliphatic rings. The van der Waals surface area contributed by atoms with Gasteiger partial charge < -0.3 is 9.26 Å². The Morgan fingerprint density at radius 3 is 2.58 bits per heavy atom. The molecule has 0 radical (unpaired) electrons. The van der Waals surface area contributed by atoms with Crippen molar-refractivity contribution >= 4 is 34.3 Å². The number of fused-ring (bicyclic) bond motifs is 1. The Kier molecular flexibility index (Phi) is 3.00. The van der Waals surface area contributed by atoms with Gasteiger partial charge in [0.2, 0.25) is 5.88 Å². The lowest BCUT2D eigenvalue weighted by Crippen LogP contribution is -1.91. The first kappa shape index (κ1) is 12.2. The molecule has 19 heavy (non-hydrogen) atoms. The summed E-state index contributed by atoms with van der Waals surface area (Å²) in [5.41, 5.74) is 1.02. The molecule has 1 aromatic carbocycles. The molecule has 0 unspecified atom stereocenters. The number of aromatic nitrogens is 3. The van der Waals surface area contributed by atoms with Gasteiger partial charge in [-0.15, -0.1) is 0 Å². The third-order valence-electron chi connectivity index (χ3n) is 2.46. The lowest BCUT2D eigenvalue weighted by Gasteiger charge is -2.06. The highest BCUT2D eigenvalue weighted by atomic mass is 35.5. The van der Waals surface area contributed by atoms with E-state index in [1.54, 1.807) is 25.1 Å². The second kappa shape index (κ2) is 4.68. The van der Waals surface area contributed by atoms with Crippen LogP contribution < -0.4 is 4.74 Å². The van der Waals surface area contributed by atoms with Gasteiger partial charge >= 0.3 is 0 Å². The molecule has 2 heterocycles. The number of aryl methyl sites for hydroxylation is 1. The van der Waals surface area contributed by atoms with E-state index in [1.807, 2.05) is 0 Å². The molecule has 3 aromatic rings. The maximum atomic E-state index is 5.92. The van der Waals surface area contributed by atoms with Crippen molar-refractivity contribution in [3.8, 4) is 11.6 Å². The molecule has 3 rings (SSSR count). The van der Waals surface area contributed by atoms with Crippen molar-refractivity contribution < 1.29 is 9.26 Å². The fraction of sp³-hybridized carbons (Fsp3) is 0.0833. The van der Waals surface area contributed by atoms with Gasteiger partial charge in [-0.05, 0) is 25.1 Å². The molecule has 0 spiro atoms. The number of hydrogen-bond donors (Lipinski definition) is 0. The van der Waals surface area contributed by atoms with Crippen LogP contribution in [0.1, 0.15) is 5.69 Å². The Morgan fingerprint density at radius 2 is 1.84 bits per heavy atom. The minimum absolute atomic E-state index is 0.349. The minimum Gasteiger partial charge on any atom is -0.438 e. The fourth-order valence-electron chi connectivity index (χ4n) is 1.67. The van der Waals surface area contributed by atoms with Crippen LogP contribution >= 0.6 is 23.2 Å². The third kappa shape index (κ3) is 2.34. The average molecular weight is 296 g/mol. The van der Waals surface area contributed by atoms with Gasteiger partial charge in [-0.25, -0.2) is 4.98 Å². The molecule has 7 heteroatoms.